The molecule has 0 spiro atoms. The number of rotatable bonds is 8. The van der Waals surface area contributed by atoms with Gasteiger partial charge in [-0.25, -0.2) is 13.1 Å². The van der Waals surface area contributed by atoms with Gasteiger partial charge in [-0.1, -0.05) is 44.2 Å². The van der Waals surface area contributed by atoms with E-state index in [0.29, 0.717) is 31.0 Å². The molecule has 2 aromatic carbocycles. The minimum Gasteiger partial charge on any atom is -0.352 e. The van der Waals surface area contributed by atoms with Crippen LogP contribution in [0.1, 0.15) is 29.8 Å². The number of hydrogen-bond donors (Lipinski definition) is 2. The third kappa shape index (κ3) is 5.99. The maximum Gasteiger partial charge on any atom is 0.251 e. The Balaban J connectivity index is 1.94. The van der Waals surface area contributed by atoms with E-state index in [0.717, 1.165) is 5.56 Å². The molecule has 0 heterocycles. The van der Waals surface area contributed by atoms with Crippen molar-refractivity contribution in [1.29, 1.82) is 0 Å². The van der Waals surface area contributed by atoms with Crippen LogP contribution in [0.2, 0.25) is 0 Å². The lowest BCUT2D eigenvalue weighted by Crippen LogP contribution is -2.28. The zero-order valence-corrected chi connectivity index (χ0v) is 15.3. The smallest absolute Gasteiger partial charge is 0.251 e. The Morgan fingerprint density at radius 3 is 2.24 bits per heavy atom. The molecule has 6 heteroatoms. The van der Waals surface area contributed by atoms with Gasteiger partial charge in [-0.3, -0.25) is 4.79 Å². The van der Waals surface area contributed by atoms with Crippen molar-refractivity contribution in [2.24, 2.45) is 5.92 Å². The summed E-state index contributed by atoms with van der Waals surface area (Å²) in [6.07, 6.45) is 0.621. The van der Waals surface area contributed by atoms with Crippen LogP contribution >= 0.6 is 0 Å². The second-order valence-corrected chi connectivity index (χ2v) is 8.03. The molecule has 134 valence electrons. The summed E-state index contributed by atoms with van der Waals surface area (Å²) < 4.78 is 27.2. The van der Waals surface area contributed by atoms with Gasteiger partial charge in [-0.15, -0.1) is 0 Å². The Labute approximate surface area is 149 Å². The molecule has 25 heavy (non-hydrogen) atoms. The Hall–Kier alpha value is -2.18. The Kier molecular flexibility index (Phi) is 6.73. The number of amides is 1. The average Bonchev–Trinajstić information content (AvgIpc) is 2.60. The molecule has 0 aromatic heterocycles. The molecule has 2 N–H and O–H groups in total. The molecule has 0 atom stereocenters. The van der Waals surface area contributed by atoms with Crippen molar-refractivity contribution in [3.05, 3.63) is 65.7 Å². The molecule has 0 aliphatic carbocycles. The van der Waals surface area contributed by atoms with E-state index in [1.165, 1.54) is 24.3 Å². The third-order valence-corrected chi connectivity index (χ3v) is 5.12. The summed E-state index contributed by atoms with van der Waals surface area (Å²) in [7, 11) is -3.58. The van der Waals surface area contributed by atoms with Crippen LogP contribution in [0.25, 0.3) is 0 Å². The van der Waals surface area contributed by atoms with Crippen molar-refractivity contribution in [3.8, 4) is 0 Å². The highest BCUT2D eigenvalue weighted by Gasteiger charge is 2.14. The minimum absolute atomic E-state index is 0.154. The first-order valence-electron chi connectivity index (χ1n) is 8.30. The molecule has 0 saturated carbocycles. The van der Waals surface area contributed by atoms with E-state index in [4.69, 9.17) is 0 Å². The van der Waals surface area contributed by atoms with Gasteiger partial charge in [0.05, 0.1) is 4.90 Å². The summed E-state index contributed by atoms with van der Waals surface area (Å²) in [6.45, 7) is 4.93. The fourth-order valence-corrected chi connectivity index (χ4v) is 3.27. The summed E-state index contributed by atoms with van der Waals surface area (Å²) in [5, 5.41) is 2.81. The number of carbonyl (C=O) groups is 1. The van der Waals surface area contributed by atoms with Gasteiger partial charge < -0.3 is 5.32 Å². The molecule has 0 aliphatic rings. The van der Waals surface area contributed by atoms with Crippen molar-refractivity contribution in [3.63, 3.8) is 0 Å². The van der Waals surface area contributed by atoms with Crippen molar-refractivity contribution >= 4 is 15.9 Å². The van der Waals surface area contributed by atoms with Crippen LogP contribution in [0.15, 0.2) is 59.5 Å². The fraction of sp³-hybridized carbons (Fsp3) is 0.316. The molecule has 0 fully saturated rings. The molecular formula is C19H24N2O3S. The standard InChI is InChI=1S/C19H24N2O3S/c1-15(2)14-20-19(22)17-8-10-18(11-9-17)25(23,24)21-13-12-16-6-4-3-5-7-16/h3-11,15,21H,12-14H2,1-2H3,(H,20,22). The van der Waals surface area contributed by atoms with Gasteiger partial charge in [-0.05, 0) is 42.2 Å². The quantitative estimate of drug-likeness (QED) is 0.760. The zero-order chi connectivity index (χ0) is 18.3. The van der Waals surface area contributed by atoms with E-state index in [-0.39, 0.29) is 10.8 Å². The van der Waals surface area contributed by atoms with E-state index in [9.17, 15) is 13.2 Å². The zero-order valence-electron chi connectivity index (χ0n) is 14.5. The van der Waals surface area contributed by atoms with Gasteiger partial charge >= 0.3 is 0 Å². The van der Waals surface area contributed by atoms with Gasteiger partial charge in [-0.2, -0.15) is 0 Å². The molecule has 2 aromatic rings. The Morgan fingerprint density at radius 1 is 1.00 bits per heavy atom. The van der Waals surface area contributed by atoms with Crippen molar-refractivity contribution in [1.82, 2.24) is 10.0 Å². The highest BCUT2D eigenvalue weighted by molar-refractivity contribution is 7.89. The lowest BCUT2D eigenvalue weighted by molar-refractivity contribution is 0.0949. The summed E-state index contributed by atoms with van der Waals surface area (Å²) in [5.74, 6) is 0.159. The van der Waals surface area contributed by atoms with Crippen LogP contribution < -0.4 is 10.0 Å². The fourth-order valence-electron chi connectivity index (χ4n) is 2.24. The van der Waals surface area contributed by atoms with E-state index >= 15 is 0 Å². The summed E-state index contributed by atoms with van der Waals surface area (Å²) in [4.78, 5) is 12.1. The topological polar surface area (TPSA) is 75.3 Å². The van der Waals surface area contributed by atoms with Gasteiger partial charge in [0, 0.05) is 18.7 Å². The Bertz CT molecular complexity index is 785. The van der Waals surface area contributed by atoms with Crippen molar-refractivity contribution in [2.45, 2.75) is 25.2 Å². The number of sulfonamides is 1. The molecule has 0 saturated heterocycles. The largest absolute Gasteiger partial charge is 0.352 e. The minimum atomic E-state index is -3.58. The lowest BCUT2D eigenvalue weighted by atomic mass is 10.2. The molecule has 1 amide bonds. The normalized spacial score (nSPS) is 11.5. The molecule has 2 rings (SSSR count). The maximum absolute atomic E-state index is 12.3. The summed E-state index contributed by atoms with van der Waals surface area (Å²) in [6, 6.07) is 15.6. The highest BCUT2D eigenvalue weighted by Crippen LogP contribution is 2.11. The van der Waals surface area contributed by atoms with Gasteiger partial charge in [0.1, 0.15) is 0 Å². The molecular weight excluding hydrogens is 336 g/mol. The molecule has 0 radical (unpaired) electrons. The summed E-state index contributed by atoms with van der Waals surface area (Å²) in [5.41, 5.74) is 1.52. The predicted octanol–water partition coefficient (Wildman–Crippen LogP) is 2.59. The second kappa shape index (κ2) is 8.78. The van der Waals surface area contributed by atoms with Crippen LogP contribution in [0, 0.1) is 5.92 Å². The number of benzene rings is 2. The van der Waals surface area contributed by atoms with Gasteiger partial charge in [0.25, 0.3) is 5.91 Å². The lowest BCUT2D eigenvalue weighted by Gasteiger charge is -2.09. The van der Waals surface area contributed by atoms with E-state index in [1.54, 1.807) is 0 Å². The van der Waals surface area contributed by atoms with Crippen LogP contribution in [-0.2, 0) is 16.4 Å². The first kappa shape index (κ1) is 19.1. The molecule has 0 aliphatic heterocycles. The SMILES string of the molecule is CC(C)CNC(=O)c1ccc(S(=O)(=O)NCCc2ccccc2)cc1. The summed E-state index contributed by atoms with van der Waals surface area (Å²) >= 11 is 0. The first-order chi connectivity index (χ1) is 11.9. The molecule has 0 bridgehead atoms. The Morgan fingerprint density at radius 2 is 1.64 bits per heavy atom. The van der Waals surface area contributed by atoms with E-state index in [2.05, 4.69) is 10.0 Å². The number of hydrogen-bond acceptors (Lipinski definition) is 3. The second-order valence-electron chi connectivity index (χ2n) is 6.26. The van der Waals surface area contributed by atoms with E-state index in [1.807, 2.05) is 44.2 Å². The molecule has 5 nitrogen and oxygen atoms in total. The number of nitrogens with one attached hydrogen (secondary N) is 2. The maximum atomic E-state index is 12.3. The van der Waals surface area contributed by atoms with Crippen LogP contribution in [-0.4, -0.2) is 27.4 Å². The van der Waals surface area contributed by atoms with Crippen LogP contribution in [0.4, 0.5) is 0 Å². The number of carbonyl (C=O) groups excluding carboxylic acids is 1. The highest BCUT2D eigenvalue weighted by atomic mass is 32.2. The van der Waals surface area contributed by atoms with Crippen LogP contribution in [0.5, 0.6) is 0 Å². The monoisotopic (exact) mass is 360 g/mol. The molecule has 0 unspecified atom stereocenters. The first-order valence-corrected chi connectivity index (χ1v) is 9.78. The van der Waals surface area contributed by atoms with E-state index < -0.39 is 10.0 Å². The third-order valence-electron chi connectivity index (χ3n) is 3.65. The average molecular weight is 360 g/mol. The van der Waals surface area contributed by atoms with Crippen LogP contribution in [0.3, 0.4) is 0 Å². The van der Waals surface area contributed by atoms with Gasteiger partial charge in [0.2, 0.25) is 10.0 Å². The predicted molar refractivity (Wildman–Crippen MR) is 98.9 cm³/mol. The van der Waals surface area contributed by atoms with Gasteiger partial charge in [0.15, 0.2) is 0 Å². The van der Waals surface area contributed by atoms with Crippen molar-refractivity contribution < 1.29 is 13.2 Å². The van der Waals surface area contributed by atoms with Crippen molar-refractivity contribution in [2.75, 3.05) is 13.1 Å².